The molecule has 0 radical (unpaired) electrons. The predicted molar refractivity (Wildman–Crippen MR) is 100 cm³/mol. The van der Waals surface area contributed by atoms with Crippen LogP contribution in [-0.2, 0) is 16.0 Å². The first-order valence-corrected chi connectivity index (χ1v) is 9.65. The van der Waals surface area contributed by atoms with Crippen LogP contribution in [0.25, 0.3) is 0 Å². The highest BCUT2D eigenvalue weighted by Gasteiger charge is 2.33. The molecular formula is C20H27N3O4. The van der Waals surface area contributed by atoms with Crippen molar-refractivity contribution in [2.75, 3.05) is 26.2 Å². The fraction of sp³-hybridized carbons (Fsp3) is 0.550. The van der Waals surface area contributed by atoms with Crippen molar-refractivity contribution < 1.29 is 19.5 Å². The van der Waals surface area contributed by atoms with Crippen molar-refractivity contribution in [1.82, 2.24) is 15.1 Å². The van der Waals surface area contributed by atoms with Crippen LogP contribution in [0, 0.1) is 5.92 Å². The standard InChI is InChI=1S/C20H27N3O4/c24-18(21-17(19(25)26)13-15-7-2-1-3-8-15)16-9-6-12-23(14-16)20(27)22-10-4-5-11-22/h1-3,7-8,16-17H,4-6,9-14H2,(H,21,24)(H,25,26). The zero-order chi connectivity index (χ0) is 19.2. The summed E-state index contributed by atoms with van der Waals surface area (Å²) < 4.78 is 0. The molecular weight excluding hydrogens is 346 g/mol. The number of aliphatic carboxylic acids is 1. The first-order valence-electron chi connectivity index (χ1n) is 9.65. The fourth-order valence-electron chi connectivity index (χ4n) is 3.81. The zero-order valence-corrected chi connectivity index (χ0v) is 15.5. The molecule has 3 amide bonds. The molecule has 1 aromatic rings. The zero-order valence-electron chi connectivity index (χ0n) is 15.5. The van der Waals surface area contributed by atoms with E-state index in [-0.39, 0.29) is 24.3 Å². The van der Waals surface area contributed by atoms with Gasteiger partial charge in [0.05, 0.1) is 5.92 Å². The second-order valence-corrected chi connectivity index (χ2v) is 7.35. The van der Waals surface area contributed by atoms with Gasteiger partial charge in [-0.2, -0.15) is 0 Å². The van der Waals surface area contributed by atoms with Gasteiger partial charge in [-0.05, 0) is 31.2 Å². The summed E-state index contributed by atoms with van der Waals surface area (Å²) in [4.78, 5) is 40.4. The Labute approximate surface area is 159 Å². The summed E-state index contributed by atoms with van der Waals surface area (Å²) in [5.41, 5.74) is 0.861. The number of carbonyl (C=O) groups is 3. The normalized spacial score (nSPS) is 21.0. The number of benzene rings is 1. The molecule has 1 aromatic carbocycles. The van der Waals surface area contributed by atoms with Gasteiger partial charge in [-0.3, -0.25) is 4.79 Å². The van der Waals surface area contributed by atoms with Crippen LogP contribution in [0.4, 0.5) is 4.79 Å². The lowest BCUT2D eigenvalue weighted by atomic mass is 9.96. The second kappa shape index (κ2) is 8.88. The molecule has 0 aromatic heterocycles. The van der Waals surface area contributed by atoms with Gasteiger partial charge in [-0.15, -0.1) is 0 Å². The molecule has 7 nitrogen and oxygen atoms in total. The Bertz CT molecular complexity index is 673. The average Bonchev–Trinajstić information content (AvgIpc) is 3.22. The number of amides is 3. The van der Waals surface area contributed by atoms with Crippen molar-refractivity contribution >= 4 is 17.9 Å². The van der Waals surface area contributed by atoms with Crippen LogP contribution in [0.15, 0.2) is 30.3 Å². The molecule has 2 saturated heterocycles. The number of nitrogens with zero attached hydrogens (tertiary/aromatic N) is 2. The Balaban J connectivity index is 1.58. The maximum Gasteiger partial charge on any atom is 0.326 e. The van der Waals surface area contributed by atoms with E-state index >= 15 is 0 Å². The number of carboxylic acids is 1. The Morgan fingerprint density at radius 3 is 2.37 bits per heavy atom. The van der Waals surface area contributed by atoms with Crippen LogP contribution < -0.4 is 5.32 Å². The second-order valence-electron chi connectivity index (χ2n) is 7.35. The molecule has 2 aliphatic rings. The highest BCUT2D eigenvalue weighted by molar-refractivity contribution is 5.86. The van der Waals surface area contributed by atoms with Gasteiger partial charge in [0.15, 0.2) is 0 Å². The van der Waals surface area contributed by atoms with E-state index in [0.29, 0.717) is 19.5 Å². The third-order valence-electron chi connectivity index (χ3n) is 5.34. The number of urea groups is 1. The third kappa shape index (κ3) is 4.99. The number of likely N-dealkylation sites (tertiary alicyclic amines) is 2. The van der Waals surface area contributed by atoms with Crippen molar-refractivity contribution in [3.63, 3.8) is 0 Å². The Morgan fingerprint density at radius 1 is 1.04 bits per heavy atom. The topological polar surface area (TPSA) is 90.0 Å². The summed E-state index contributed by atoms with van der Waals surface area (Å²) in [6.07, 6.45) is 3.74. The van der Waals surface area contributed by atoms with E-state index in [9.17, 15) is 19.5 Å². The largest absolute Gasteiger partial charge is 0.480 e. The lowest BCUT2D eigenvalue weighted by Gasteiger charge is -2.35. The first-order chi connectivity index (χ1) is 13.0. The van der Waals surface area contributed by atoms with E-state index in [1.807, 2.05) is 35.2 Å². The van der Waals surface area contributed by atoms with Crippen molar-refractivity contribution in [3.05, 3.63) is 35.9 Å². The molecule has 146 valence electrons. The number of hydrogen-bond acceptors (Lipinski definition) is 3. The van der Waals surface area contributed by atoms with Gasteiger partial charge in [0, 0.05) is 32.6 Å². The van der Waals surface area contributed by atoms with Gasteiger partial charge in [0.2, 0.25) is 5.91 Å². The highest BCUT2D eigenvalue weighted by atomic mass is 16.4. The number of rotatable bonds is 5. The smallest absolute Gasteiger partial charge is 0.326 e. The summed E-state index contributed by atoms with van der Waals surface area (Å²) in [6.45, 7) is 2.58. The molecule has 27 heavy (non-hydrogen) atoms. The molecule has 0 saturated carbocycles. The molecule has 7 heteroatoms. The van der Waals surface area contributed by atoms with E-state index in [0.717, 1.165) is 37.9 Å². The summed E-state index contributed by atoms with van der Waals surface area (Å²) in [5.74, 6) is -1.69. The molecule has 0 aliphatic carbocycles. The van der Waals surface area contributed by atoms with Crippen molar-refractivity contribution in [2.45, 2.75) is 38.1 Å². The molecule has 0 bridgehead atoms. The molecule has 2 aliphatic heterocycles. The van der Waals surface area contributed by atoms with Crippen LogP contribution in [0.1, 0.15) is 31.2 Å². The molecule has 2 unspecified atom stereocenters. The average molecular weight is 373 g/mol. The molecule has 0 spiro atoms. The minimum Gasteiger partial charge on any atom is -0.480 e. The van der Waals surface area contributed by atoms with Crippen LogP contribution >= 0.6 is 0 Å². The lowest BCUT2D eigenvalue weighted by molar-refractivity contribution is -0.142. The maximum atomic E-state index is 12.7. The summed E-state index contributed by atoms with van der Waals surface area (Å²) >= 11 is 0. The Hall–Kier alpha value is -2.57. The lowest BCUT2D eigenvalue weighted by Crippen LogP contribution is -2.52. The van der Waals surface area contributed by atoms with E-state index in [1.165, 1.54) is 0 Å². The van der Waals surface area contributed by atoms with Gasteiger partial charge >= 0.3 is 12.0 Å². The van der Waals surface area contributed by atoms with Crippen LogP contribution in [-0.4, -0.2) is 65.0 Å². The highest BCUT2D eigenvalue weighted by Crippen LogP contribution is 2.20. The summed E-state index contributed by atoms with van der Waals surface area (Å²) in [5, 5.41) is 12.2. The number of hydrogen-bond donors (Lipinski definition) is 2. The van der Waals surface area contributed by atoms with Crippen molar-refractivity contribution in [2.24, 2.45) is 5.92 Å². The van der Waals surface area contributed by atoms with Gasteiger partial charge in [0.1, 0.15) is 6.04 Å². The Kier molecular flexibility index (Phi) is 6.32. The number of carboxylic acid groups (broad SMARTS) is 1. The fourth-order valence-corrected chi connectivity index (χ4v) is 3.81. The van der Waals surface area contributed by atoms with E-state index in [4.69, 9.17) is 0 Å². The van der Waals surface area contributed by atoms with Gasteiger partial charge in [-0.1, -0.05) is 30.3 Å². The molecule has 2 N–H and O–H groups in total. The van der Waals surface area contributed by atoms with Crippen molar-refractivity contribution in [3.8, 4) is 0 Å². The van der Waals surface area contributed by atoms with Crippen LogP contribution in [0.3, 0.4) is 0 Å². The Morgan fingerprint density at radius 2 is 1.70 bits per heavy atom. The molecule has 3 rings (SSSR count). The number of piperidine rings is 1. The molecule has 2 heterocycles. The summed E-state index contributed by atoms with van der Waals surface area (Å²) in [6, 6.07) is 8.29. The number of nitrogens with one attached hydrogen (secondary N) is 1. The van der Waals surface area contributed by atoms with E-state index in [2.05, 4.69) is 5.32 Å². The first kappa shape index (κ1) is 19.2. The van der Waals surface area contributed by atoms with Gasteiger partial charge < -0.3 is 20.2 Å². The van der Waals surface area contributed by atoms with Crippen molar-refractivity contribution in [1.29, 1.82) is 0 Å². The predicted octanol–water partition coefficient (Wildman–Crippen LogP) is 1.73. The monoisotopic (exact) mass is 373 g/mol. The minimum atomic E-state index is -1.05. The minimum absolute atomic E-state index is 0.00377. The third-order valence-corrected chi connectivity index (χ3v) is 5.34. The SMILES string of the molecule is O=C(NC(Cc1ccccc1)C(=O)O)C1CCCN(C(=O)N2CCCC2)C1. The van der Waals surface area contributed by atoms with Gasteiger partial charge in [-0.25, -0.2) is 9.59 Å². The maximum absolute atomic E-state index is 12.7. The quantitative estimate of drug-likeness (QED) is 0.822. The molecule has 2 fully saturated rings. The van der Waals surface area contributed by atoms with E-state index in [1.54, 1.807) is 4.90 Å². The van der Waals surface area contributed by atoms with Crippen LogP contribution in [0.2, 0.25) is 0 Å². The summed E-state index contributed by atoms with van der Waals surface area (Å²) in [7, 11) is 0. The van der Waals surface area contributed by atoms with E-state index < -0.39 is 12.0 Å². The molecule has 2 atom stereocenters. The van der Waals surface area contributed by atoms with Crippen LogP contribution in [0.5, 0.6) is 0 Å². The van der Waals surface area contributed by atoms with Gasteiger partial charge in [0.25, 0.3) is 0 Å². The number of carbonyl (C=O) groups excluding carboxylic acids is 2.